The topological polar surface area (TPSA) is 59.0 Å². The Kier molecular flexibility index (Phi) is 6.44. The lowest BCUT2D eigenvalue weighted by molar-refractivity contribution is -0.141. The molecule has 1 fully saturated rings. The summed E-state index contributed by atoms with van der Waals surface area (Å²) in [6, 6.07) is 4.79. The Hall–Kier alpha value is -2.19. The molecule has 1 saturated carbocycles. The lowest BCUT2D eigenvalue weighted by Crippen LogP contribution is -2.46. The Bertz CT molecular complexity index is 1110. The van der Waals surface area contributed by atoms with Gasteiger partial charge in [-0.15, -0.1) is 0 Å². The van der Waals surface area contributed by atoms with Crippen molar-refractivity contribution in [1.29, 1.82) is 0 Å². The van der Waals surface area contributed by atoms with Crippen molar-refractivity contribution in [3.8, 4) is 0 Å². The number of nitrogens with one attached hydrogen (secondary N) is 2. The van der Waals surface area contributed by atoms with E-state index in [-0.39, 0.29) is 22.8 Å². The first-order chi connectivity index (χ1) is 15.5. The molecule has 178 valence electrons. The molecule has 2 aliphatic rings. The maximum absolute atomic E-state index is 13.5. The number of alkyl halides is 3. The highest BCUT2D eigenvalue weighted by molar-refractivity contribution is 6.42. The van der Waals surface area contributed by atoms with Gasteiger partial charge < -0.3 is 10.6 Å². The summed E-state index contributed by atoms with van der Waals surface area (Å²) in [6.45, 7) is 5.96. The van der Waals surface area contributed by atoms with Gasteiger partial charge in [0, 0.05) is 17.8 Å². The Morgan fingerprint density at radius 3 is 2.58 bits per heavy atom. The van der Waals surface area contributed by atoms with E-state index in [0.717, 1.165) is 25.3 Å². The van der Waals surface area contributed by atoms with Gasteiger partial charge in [0.1, 0.15) is 11.9 Å². The Morgan fingerprint density at radius 2 is 1.91 bits per heavy atom. The van der Waals surface area contributed by atoms with Crippen molar-refractivity contribution in [2.45, 2.75) is 58.3 Å². The van der Waals surface area contributed by atoms with E-state index in [1.165, 1.54) is 4.68 Å². The zero-order chi connectivity index (χ0) is 24.1. The number of halogens is 5. The summed E-state index contributed by atoms with van der Waals surface area (Å²) in [6.07, 6.45) is -1.64. The number of amides is 1. The SMILES string of the molecule is CC1=C(C(=O)NC2CCCC(C)C2C)C(c2ccc(Cl)c(Cl)c2)n2nc(C(F)(F)F)cc2N1. The minimum Gasteiger partial charge on any atom is -0.349 e. The number of hydrogen-bond donors (Lipinski definition) is 2. The van der Waals surface area contributed by atoms with Gasteiger partial charge >= 0.3 is 6.18 Å². The number of rotatable bonds is 3. The van der Waals surface area contributed by atoms with Gasteiger partial charge in [0.15, 0.2) is 5.69 Å². The predicted octanol–water partition coefficient (Wildman–Crippen LogP) is 6.44. The lowest BCUT2D eigenvalue weighted by atomic mass is 9.78. The third kappa shape index (κ3) is 4.60. The zero-order valence-corrected chi connectivity index (χ0v) is 19.9. The molecule has 1 aliphatic heterocycles. The maximum atomic E-state index is 13.5. The fourth-order valence-corrected chi connectivity index (χ4v) is 5.03. The summed E-state index contributed by atoms with van der Waals surface area (Å²) in [4.78, 5) is 13.5. The van der Waals surface area contributed by atoms with Gasteiger partial charge in [0.2, 0.25) is 0 Å². The molecule has 1 aromatic heterocycles. The highest BCUT2D eigenvalue weighted by Crippen LogP contribution is 2.41. The molecule has 4 rings (SSSR count). The maximum Gasteiger partial charge on any atom is 0.435 e. The van der Waals surface area contributed by atoms with Gasteiger partial charge in [-0.3, -0.25) is 4.79 Å². The van der Waals surface area contributed by atoms with Crippen LogP contribution >= 0.6 is 23.2 Å². The Labute approximate surface area is 200 Å². The standard InChI is InChI=1S/C23H25Cl2F3N4O/c1-11-5-4-6-17(12(11)2)30-22(33)20-13(3)29-19-10-18(23(26,27)28)31-32(19)21(20)14-7-8-15(24)16(25)9-14/h7-12,17,21,29H,4-6H2,1-3H3,(H,30,33). The molecule has 33 heavy (non-hydrogen) atoms. The zero-order valence-electron chi connectivity index (χ0n) is 18.4. The molecule has 1 aromatic carbocycles. The third-order valence-corrected chi connectivity index (χ3v) is 7.53. The average molecular weight is 501 g/mol. The molecular weight excluding hydrogens is 476 g/mol. The van der Waals surface area contributed by atoms with E-state index in [9.17, 15) is 18.0 Å². The van der Waals surface area contributed by atoms with Crippen molar-refractivity contribution in [3.05, 3.63) is 56.8 Å². The largest absolute Gasteiger partial charge is 0.435 e. The van der Waals surface area contributed by atoms with Gasteiger partial charge in [-0.2, -0.15) is 18.3 Å². The van der Waals surface area contributed by atoms with E-state index >= 15 is 0 Å². The van der Waals surface area contributed by atoms with Crippen LogP contribution in [0.2, 0.25) is 10.0 Å². The molecule has 0 radical (unpaired) electrons. The molecule has 1 amide bonds. The number of allylic oxidation sites excluding steroid dienone is 1. The molecule has 0 saturated heterocycles. The number of aromatic nitrogens is 2. The van der Waals surface area contributed by atoms with Crippen LogP contribution in [0.4, 0.5) is 19.0 Å². The fraction of sp³-hybridized carbons (Fsp3) is 0.478. The molecule has 2 heterocycles. The Balaban J connectivity index is 1.77. The average Bonchev–Trinajstić information content (AvgIpc) is 3.16. The monoisotopic (exact) mass is 500 g/mol. The predicted molar refractivity (Wildman–Crippen MR) is 122 cm³/mol. The second-order valence-electron chi connectivity index (χ2n) is 8.94. The molecule has 2 N–H and O–H groups in total. The molecule has 10 heteroatoms. The quantitative estimate of drug-likeness (QED) is 0.509. The fourth-order valence-electron chi connectivity index (χ4n) is 4.73. The van der Waals surface area contributed by atoms with Gasteiger partial charge in [0.05, 0.1) is 15.6 Å². The van der Waals surface area contributed by atoms with Crippen molar-refractivity contribution in [2.75, 3.05) is 5.32 Å². The van der Waals surface area contributed by atoms with E-state index in [1.54, 1.807) is 25.1 Å². The number of carbonyl (C=O) groups excluding carboxylic acids is 1. The van der Waals surface area contributed by atoms with E-state index in [2.05, 4.69) is 29.6 Å². The minimum atomic E-state index is -4.63. The van der Waals surface area contributed by atoms with Crippen LogP contribution in [0.25, 0.3) is 0 Å². The van der Waals surface area contributed by atoms with Crippen molar-refractivity contribution >= 4 is 34.9 Å². The normalized spacial score (nSPS) is 25.5. The summed E-state index contributed by atoms with van der Waals surface area (Å²) in [7, 11) is 0. The van der Waals surface area contributed by atoms with E-state index < -0.39 is 17.9 Å². The summed E-state index contributed by atoms with van der Waals surface area (Å²) in [5, 5.41) is 10.4. The first kappa shape index (κ1) is 24.0. The lowest BCUT2D eigenvalue weighted by Gasteiger charge is -2.36. The highest BCUT2D eigenvalue weighted by Gasteiger charge is 2.40. The van der Waals surface area contributed by atoms with Crippen molar-refractivity contribution < 1.29 is 18.0 Å². The van der Waals surface area contributed by atoms with Crippen LogP contribution in [0.5, 0.6) is 0 Å². The molecule has 0 spiro atoms. The van der Waals surface area contributed by atoms with E-state index in [4.69, 9.17) is 23.2 Å². The second-order valence-corrected chi connectivity index (χ2v) is 9.76. The Morgan fingerprint density at radius 1 is 1.18 bits per heavy atom. The van der Waals surface area contributed by atoms with Gasteiger partial charge in [0.25, 0.3) is 5.91 Å². The van der Waals surface area contributed by atoms with Crippen molar-refractivity contribution in [2.24, 2.45) is 11.8 Å². The highest BCUT2D eigenvalue weighted by atomic mass is 35.5. The number of fused-ring (bicyclic) bond motifs is 1. The van der Waals surface area contributed by atoms with Crippen molar-refractivity contribution in [3.63, 3.8) is 0 Å². The van der Waals surface area contributed by atoms with Crippen LogP contribution in [-0.2, 0) is 11.0 Å². The smallest absolute Gasteiger partial charge is 0.349 e. The number of carbonyl (C=O) groups is 1. The van der Waals surface area contributed by atoms with Crippen LogP contribution in [0.1, 0.15) is 57.3 Å². The summed E-state index contributed by atoms with van der Waals surface area (Å²) < 4.78 is 41.5. The first-order valence-corrected chi connectivity index (χ1v) is 11.6. The molecule has 4 atom stereocenters. The second kappa shape index (κ2) is 8.87. The molecule has 1 aliphatic carbocycles. The van der Waals surface area contributed by atoms with Crippen LogP contribution in [0.15, 0.2) is 35.5 Å². The minimum absolute atomic E-state index is 0.0132. The number of hydrogen-bond acceptors (Lipinski definition) is 3. The van der Waals surface area contributed by atoms with Gasteiger partial charge in [-0.1, -0.05) is 56.0 Å². The molecule has 2 aromatic rings. The van der Waals surface area contributed by atoms with E-state index in [1.807, 2.05) is 0 Å². The molecule has 4 unspecified atom stereocenters. The summed E-state index contributed by atoms with van der Waals surface area (Å²) in [5.74, 6) is 0.575. The number of benzene rings is 1. The van der Waals surface area contributed by atoms with Gasteiger partial charge in [-0.25, -0.2) is 4.68 Å². The number of nitrogens with zero attached hydrogens (tertiary/aromatic N) is 2. The van der Waals surface area contributed by atoms with E-state index in [0.29, 0.717) is 33.7 Å². The summed E-state index contributed by atoms with van der Waals surface area (Å²) >= 11 is 12.3. The third-order valence-electron chi connectivity index (χ3n) is 6.79. The van der Waals surface area contributed by atoms with Crippen LogP contribution in [0, 0.1) is 11.8 Å². The van der Waals surface area contributed by atoms with Crippen LogP contribution in [0.3, 0.4) is 0 Å². The van der Waals surface area contributed by atoms with Crippen LogP contribution < -0.4 is 10.6 Å². The molecule has 0 bridgehead atoms. The van der Waals surface area contributed by atoms with Gasteiger partial charge in [-0.05, 0) is 42.9 Å². The molecule has 5 nitrogen and oxygen atoms in total. The number of anilines is 1. The summed E-state index contributed by atoms with van der Waals surface area (Å²) in [5.41, 5.74) is 0.224. The molecular formula is C23H25Cl2F3N4O. The first-order valence-electron chi connectivity index (χ1n) is 10.9. The van der Waals surface area contributed by atoms with Crippen LogP contribution in [-0.4, -0.2) is 21.7 Å². The van der Waals surface area contributed by atoms with Crippen molar-refractivity contribution in [1.82, 2.24) is 15.1 Å².